The van der Waals surface area contributed by atoms with Crippen LogP contribution >= 0.6 is 0 Å². The molecular formula is C48H45BN2O. The van der Waals surface area contributed by atoms with Gasteiger partial charge in [-0.1, -0.05) is 135 Å². The van der Waals surface area contributed by atoms with Crippen molar-refractivity contribution < 1.29 is 4.42 Å². The Morgan fingerprint density at radius 2 is 1.19 bits per heavy atom. The van der Waals surface area contributed by atoms with Crippen molar-refractivity contribution in [2.45, 2.75) is 78.6 Å². The number of anilines is 3. The first kappa shape index (κ1) is 31.5. The highest BCUT2D eigenvalue weighted by Crippen LogP contribution is 2.51. The summed E-state index contributed by atoms with van der Waals surface area (Å²) in [7, 11) is 0. The molecule has 256 valence electrons. The van der Waals surface area contributed by atoms with Gasteiger partial charge < -0.3 is 13.8 Å². The van der Waals surface area contributed by atoms with E-state index in [2.05, 4.69) is 181 Å². The Morgan fingerprint density at radius 3 is 1.90 bits per heavy atom. The van der Waals surface area contributed by atoms with Gasteiger partial charge in [0.05, 0.1) is 11.1 Å². The molecule has 0 bridgehead atoms. The summed E-state index contributed by atoms with van der Waals surface area (Å²) in [6.07, 6.45) is 0. The molecule has 0 spiro atoms. The van der Waals surface area contributed by atoms with E-state index in [0.29, 0.717) is 0 Å². The molecular weight excluding hydrogens is 631 g/mol. The number of aromatic nitrogens is 1. The Labute approximate surface area is 307 Å². The number of hydrogen-bond acceptors (Lipinski definition) is 2. The molecule has 2 aliphatic heterocycles. The second kappa shape index (κ2) is 10.2. The first-order valence-electron chi connectivity index (χ1n) is 18.8. The molecule has 0 saturated heterocycles. The van der Waals surface area contributed by atoms with Crippen LogP contribution in [0.15, 0.2) is 114 Å². The SMILES string of the molecule is CC(C)(C)c1cc(N2c3cccc(C(C)(C)C)c3B3c4c(cc5oc6ccccc6c5c42)-c2cccc4c5ccccc5n3c24)cc(C(C)(C)C)c1. The molecule has 0 aliphatic carbocycles. The maximum Gasteiger partial charge on any atom is 0.333 e. The highest BCUT2D eigenvalue weighted by molar-refractivity contribution is 6.90. The van der Waals surface area contributed by atoms with E-state index in [1.165, 1.54) is 83.0 Å². The Bertz CT molecular complexity index is 2780. The Morgan fingerprint density at radius 1 is 0.538 bits per heavy atom. The second-order valence-corrected chi connectivity index (χ2v) is 18.2. The molecule has 2 aromatic heterocycles. The van der Waals surface area contributed by atoms with Crippen molar-refractivity contribution in [3.63, 3.8) is 0 Å². The molecule has 2 aliphatic rings. The van der Waals surface area contributed by atoms with Crippen molar-refractivity contribution in [2.75, 3.05) is 4.90 Å². The van der Waals surface area contributed by atoms with E-state index in [0.717, 1.165) is 16.6 Å². The molecule has 3 nitrogen and oxygen atoms in total. The Hall–Kier alpha value is -5.22. The van der Waals surface area contributed by atoms with Crippen LogP contribution in [0, 0.1) is 0 Å². The molecule has 0 N–H and O–H groups in total. The average molecular weight is 677 g/mol. The number of fused-ring (bicyclic) bond motifs is 11. The summed E-state index contributed by atoms with van der Waals surface area (Å²) in [5, 5.41) is 4.93. The first-order valence-corrected chi connectivity index (χ1v) is 18.8. The second-order valence-electron chi connectivity index (χ2n) is 18.2. The zero-order valence-corrected chi connectivity index (χ0v) is 31.8. The molecule has 4 heteroatoms. The third-order valence-corrected chi connectivity index (χ3v) is 11.8. The lowest BCUT2D eigenvalue weighted by molar-refractivity contribution is 0.569. The van der Waals surface area contributed by atoms with Crippen LogP contribution in [0.4, 0.5) is 17.1 Å². The van der Waals surface area contributed by atoms with Gasteiger partial charge in [-0.25, -0.2) is 0 Å². The van der Waals surface area contributed by atoms with Crippen LogP contribution in [-0.4, -0.2) is 11.3 Å². The lowest BCUT2D eigenvalue weighted by Gasteiger charge is -2.43. The molecule has 52 heavy (non-hydrogen) atoms. The lowest BCUT2D eigenvalue weighted by atomic mass is 9.43. The fourth-order valence-electron chi connectivity index (χ4n) is 9.24. The summed E-state index contributed by atoms with van der Waals surface area (Å²) < 4.78 is 9.51. The molecule has 0 radical (unpaired) electrons. The first-order chi connectivity index (χ1) is 24.7. The quantitative estimate of drug-likeness (QED) is 0.161. The van der Waals surface area contributed by atoms with Gasteiger partial charge in [0.1, 0.15) is 11.2 Å². The summed E-state index contributed by atoms with van der Waals surface area (Å²) in [4.78, 5) is 2.62. The smallest absolute Gasteiger partial charge is 0.333 e. The van der Waals surface area contributed by atoms with Gasteiger partial charge in [0.25, 0.3) is 0 Å². The van der Waals surface area contributed by atoms with Crippen molar-refractivity contribution in [1.29, 1.82) is 0 Å². The summed E-state index contributed by atoms with van der Waals surface area (Å²) >= 11 is 0. The molecule has 0 atom stereocenters. The van der Waals surface area contributed by atoms with Gasteiger partial charge in [-0.05, 0) is 85.8 Å². The van der Waals surface area contributed by atoms with Gasteiger partial charge in [0.15, 0.2) is 0 Å². The fourth-order valence-corrected chi connectivity index (χ4v) is 9.24. The molecule has 10 rings (SSSR count). The van der Waals surface area contributed by atoms with Crippen molar-refractivity contribution >= 4 is 78.6 Å². The maximum atomic E-state index is 6.84. The number of benzene rings is 6. The van der Waals surface area contributed by atoms with Crippen molar-refractivity contribution in [3.05, 3.63) is 126 Å². The summed E-state index contributed by atoms with van der Waals surface area (Å²) in [6.45, 7) is 21.1. The number of para-hydroxylation sites is 3. The fraction of sp³-hybridized carbons (Fsp3) is 0.250. The standard InChI is InChI=1S/C48H45BN2O/c1-46(2,3)28-24-29(47(4,5)6)26-30(25-28)50-38-22-15-20-36(48(7,8)9)43(38)49-42-35(27-40-41(45(42)50)34-17-11-13-23-39(34)52-40)33-19-14-18-32-31-16-10-12-21-37(31)51(49)44(32)33/h10-27H,1-9H3. The molecule has 0 saturated carbocycles. The Balaban J connectivity index is 1.47. The van der Waals surface area contributed by atoms with Gasteiger partial charge in [-0.3, -0.25) is 0 Å². The van der Waals surface area contributed by atoms with Gasteiger partial charge in [-0.15, -0.1) is 0 Å². The summed E-state index contributed by atoms with van der Waals surface area (Å²) in [5.74, 6) is 0. The van der Waals surface area contributed by atoms with E-state index >= 15 is 0 Å². The highest BCUT2D eigenvalue weighted by Gasteiger charge is 2.46. The van der Waals surface area contributed by atoms with Gasteiger partial charge in [-0.2, -0.15) is 0 Å². The van der Waals surface area contributed by atoms with Crippen LogP contribution in [0.3, 0.4) is 0 Å². The van der Waals surface area contributed by atoms with Gasteiger partial charge >= 0.3 is 6.85 Å². The highest BCUT2D eigenvalue weighted by atomic mass is 16.3. The van der Waals surface area contributed by atoms with Gasteiger partial charge in [0.2, 0.25) is 0 Å². The Kier molecular flexibility index (Phi) is 6.19. The van der Waals surface area contributed by atoms with Crippen molar-refractivity contribution in [1.82, 2.24) is 4.48 Å². The zero-order valence-electron chi connectivity index (χ0n) is 31.8. The molecule has 6 aromatic carbocycles. The summed E-state index contributed by atoms with van der Waals surface area (Å²) in [5.41, 5.74) is 17.2. The van der Waals surface area contributed by atoms with Gasteiger partial charge in [0, 0.05) is 44.1 Å². The average Bonchev–Trinajstić information content (AvgIpc) is 3.64. The number of nitrogens with zero attached hydrogens (tertiary/aromatic N) is 2. The zero-order chi connectivity index (χ0) is 36.1. The number of rotatable bonds is 1. The van der Waals surface area contributed by atoms with Crippen LogP contribution in [0.5, 0.6) is 0 Å². The third kappa shape index (κ3) is 4.21. The van der Waals surface area contributed by atoms with Crippen molar-refractivity contribution in [3.8, 4) is 11.1 Å². The maximum absolute atomic E-state index is 6.84. The van der Waals surface area contributed by atoms with E-state index in [1.807, 2.05) is 0 Å². The van der Waals surface area contributed by atoms with E-state index in [1.54, 1.807) is 0 Å². The minimum absolute atomic E-state index is 0.0325. The normalized spacial score (nSPS) is 14.2. The monoisotopic (exact) mass is 676 g/mol. The summed E-state index contributed by atoms with van der Waals surface area (Å²) in [6, 6.07) is 41.2. The van der Waals surface area contributed by atoms with Crippen LogP contribution in [0.25, 0.3) is 54.9 Å². The molecule has 8 aromatic rings. The molecule has 0 amide bonds. The van der Waals surface area contributed by atoms with Crippen LogP contribution in [0.1, 0.15) is 79.0 Å². The van der Waals surface area contributed by atoms with E-state index in [9.17, 15) is 0 Å². The lowest BCUT2D eigenvalue weighted by Crippen LogP contribution is -2.58. The largest absolute Gasteiger partial charge is 0.456 e. The van der Waals surface area contributed by atoms with E-state index in [-0.39, 0.29) is 23.1 Å². The predicted molar refractivity (Wildman–Crippen MR) is 223 cm³/mol. The number of hydrogen-bond donors (Lipinski definition) is 0. The van der Waals surface area contributed by atoms with Crippen LogP contribution in [0.2, 0.25) is 0 Å². The van der Waals surface area contributed by atoms with E-state index in [4.69, 9.17) is 4.42 Å². The predicted octanol–water partition coefficient (Wildman–Crippen LogP) is 12.0. The number of furan rings is 1. The topological polar surface area (TPSA) is 21.3 Å². The van der Waals surface area contributed by atoms with Crippen molar-refractivity contribution in [2.24, 2.45) is 0 Å². The molecule has 0 fully saturated rings. The minimum atomic E-state index is -0.0933. The molecule has 0 unspecified atom stereocenters. The van der Waals surface area contributed by atoms with Crippen LogP contribution in [-0.2, 0) is 16.2 Å². The minimum Gasteiger partial charge on any atom is -0.456 e. The molecule has 4 heterocycles. The third-order valence-electron chi connectivity index (χ3n) is 11.8. The van der Waals surface area contributed by atoms with Crippen LogP contribution < -0.4 is 15.8 Å². The van der Waals surface area contributed by atoms with E-state index < -0.39 is 0 Å².